The lowest BCUT2D eigenvalue weighted by Gasteiger charge is -2.11. The predicted octanol–water partition coefficient (Wildman–Crippen LogP) is 5.13. The van der Waals surface area contributed by atoms with Crippen LogP contribution in [0.4, 0.5) is 0 Å². The number of aromatic nitrogens is 2. The highest BCUT2D eigenvalue weighted by atomic mass is 79.9. The molecule has 5 heteroatoms. The lowest BCUT2D eigenvalue weighted by atomic mass is 10.1. The maximum Gasteiger partial charge on any atom is 0.251 e. The molecule has 1 N–H and O–H groups in total. The third-order valence-corrected chi connectivity index (χ3v) is 5.37. The molecular weight excluding hydrogens is 426 g/mol. The SMILES string of the molecule is Cc1cccc(C(=O)NCCc2nc3ccccc3n2Cc2cccc(Br)c2)c1. The van der Waals surface area contributed by atoms with E-state index in [2.05, 4.69) is 44.0 Å². The number of hydrogen-bond acceptors (Lipinski definition) is 2. The fourth-order valence-corrected chi connectivity index (χ4v) is 3.93. The van der Waals surface area contributed by atoms with Crippen molar-refractivity contribution in [2.45, 2.75) is 19.9 Å². The molecule has 0 radical (unpaired) electrons. The van der Waals surface area contributed by atoms with E-state index in [1.54, 1.807) is 0 Å². The Hall–Kier alpha value is -2.92. The van der Waals surface area contributed by atoms with Crippen molar-refractivity contribution in [3.8, 4) is 0 Å². The van der Waals surface area contributed by atoms with Gasteiger partial charge in [0.1, 0.15) is 5.82 Å². The lowest BCUT2D eigenvalue weighted by Crippen LogP contribution is -2.26. The number of rotatable bonds is 6. The van der Waals surface area contributed by atoms with Crippen LogP contribution in [0.15, 0.2) is 77.3 Å². The van der Waals surface area contributed by atoms with Gasteiger partial charge in [-0.25, -0.2) is 4.98 Å². The first-order chi connectivity index (χ1) is 14.1. The molecule has 146 valence electrons. The zero-order valence-electron chi connectivity index (χ0n) is 16.2. The molecule has 1 aromatic heterocycles. The van der Waals surface area contributed by atoms with Crippen molar-refractivity contribution in [1.29, 1.82) is 0 Å². The highest BCUT2D eigenvalue weighted by molar-refractivity contribution is 9.10. The smallest absolute Gasteiger partial charge is 0.251 e. The van der Waals surface area contributed by atoms with Gasteiger partial charge in [0.15, 0.2) is 0 Å². The minimum Gasteiger partial charge on any atom is -0.352 e. The average molecular weight is 448 g/mol. The van der Waals surface area contributed by atoms with Crippen molar-refractivity contribution in [1.82, 2.24) is 14.9 Å². The first-order valence-electron chi connectivity index (χ1n) is 9.63. The zero-order valence-corrected chi connectivity index (χ0v) is 17.8. The third kappa shape index (κ3) is 4.57. The minimum absolute atomic E-state index is 0.0525. The molecule has 0 aliphatic heterocycles. The van der Waals surface area contributed by atoms with Crippen LogP contribution >= 0.6 is 15.9 Å². The van der Waals surface area contributed by atoms with E-state index in [0.29, 0.717) is 18.5 Å². The number of carbonyl (C=O) groups excluding carboxylic acids is 1. The molecular formula is C24H22BrN3O. The number of imidazole rings is 1. The summed E-state index contributed by atoms with van der Waals surface area (Å²) in [5.74, 6) is 0.916. The summed E-state index contributed by atoms with van der Waals surface area (Å²) in [5.41, 5.74) is 5.05. The molecule has 4 nitrogen and oxygen atoms in total. The summed E-state index contributed by atoms with van der Waals surface area (Å²) in [6, 6.07) is 24.1. The second-order valence-electron chi connectivity index (χ2n) is 7.11. The second kappa shape index (κ2) is 8.62. The normalized spacial score (nSPS) is 11.0. The topological polar surface area (TPSA) is 46.9 Å². The van der Waals surface area contributed by atoms with Gasteiger partial charge in [0, 0.05) is 29.5 Å². The van der Waals surface area contributed by atoms with Crippen molar-refractivity contribution in [3.63, 3.8) is 0 Å². The number of nitrogens with one attached hydrogen (secondary N) is 1. The Morgan fingerprint density at radius 1 is 1.03 bits per heavy atom. The van der Waals surface area contributed by atoms with E-state index >= 15 is 0 Å². The molecule has 1 heterocycles. The molecule has 0 spiro atoms. The van der Waals surface area contributed by atoms with Gasteiger partial charge >= 0.3 is 0 Å². The summed E-state index contributed by atoms with van der Waals surface area (Å²) in [6.07, 6.45) is 0.667. The summed E-state index contributed by atoms with van der Waals surface area (Å²) in [7, 11) is 0. The van der Waals surface area contributed by atoms with E-state index in [-0.39, 0.29) is 5.91 Å². The van der Waals surface area contributed by atoms with Crippen molar-refractivity contribution in [2.75, 3.05) is 6.54 Å². The molecule has 0 fully saturated rings. The third-order valence-electron chi connectivity index (χ3n) is 4.88. The molecule has 4 aromatic rings. The van der Waals surface area contributed by atoms with Crippen LogP contribution in [-0.4, -0.2) is 22.0 Å². The number of benzene rings is 3. The number of carbonyl (C=O) groups is 1. The van der Waals surface area contributed by atoms with Crippen LogP contribution in [0.5, 0.6) is 0 Å². The molecule has 0 bridgehead atoms. The van der Waals surface area contributed by atoms with Crippen molar-refractivity contribution in [2.24, 2.45) is 0 Å². The molecule has 0 atom stereocenters. The van der Waals surface area contributed by atoms with Crippen LogP contribution in [0.25, 0.3) is 11.0 Å². The Bertz CT molecular complexity index is 1170. The Labute approximate surface area is 178 Å². The molecule has 3 aromatic carbocycles. The van der Waals surface area contributed by atoms with E-state index < -0.39 is 0 Å². The maximum absolute atomic E-state index is 12.4. The standard InChI is InChI=1S/C24H22BrN3O/c1-17-6-4-8-19(14-17)24(29)26-13-12-23-27-21-10-2-3-11-22(21)28(23)16-18-7-5-9-20(25)15-18/h2-11,14-15H,12-13,16H2,1H3,(H,26,29). The first-order valence-corrected chi connectivity index (χ1v) is 10.4. The summed E-state index contributed by atoms with van der Waals surface area (Å²) in [4.78, 5) is 17.2. The number of nitrogens with zero attached hydrogens (tertiary/aromatic N) is 2. The summed E-state index contributed by atoms with van der Waals surface area (Å²) < 4.78 is 3.29. The Balaban J connectivity index is 1.53. The molecule has 1 amide bonds. The number of fused-ring (bicyclic) bond motifs is 1. The van der Waals surface area contributed by atoms with Crippen molar-refractivity contribution < 1.29 is 4.79 Å². The van der Waals surface area contributed by atoms with Gasteiger partial charge in [-0.3, -0.25) is 4.79 Å². The number of amides is 1. The maximum atomic E-state index is 12.4. The second-order valence-corrected chi connectivity index (χ2v) is 8.02. The van der Waals surface area contributed by atoms with Gasteiger partial charge < -0.3 is 9.88 Å². The van der Waals surface area contributed by atoms with Gasteiger partial charge in [-0.1, -0.05) is 57.9 Å². The van der Waals surface area contributed by atoms with E-state index in [9.17, 15) is 4.79 Å². The van der Waals surface area contributed by atoms with Gasteiger partial charge in [-0.05, 0) is 48.9 Å². The monoisotopic (exact) mass is 447 g/mol. The van der Waals surface area contributed by atoms with Gasteiger partial charge in [-0.15, -0.1) is 0 Å². The van der Waals surface area contributed by atoms with Crippen LogP contribution < -0.4 is 5.32 Å². The van der Waals surface area contributed by atoms with Crippen LogP contribution in [0.3, 0.4) is 0 Å². The van der Waals surface area contributed by atoms with Crippen molar-refractivity contribution >= 4 is 32.9 Å². The fourth-order valence-electron chi connectivity index (χ4n) is 3.49. The van der Waals surface area contributed by atoms with E-state index in [4.69, 9.17) is 4.98 Å². The zero-order chi connectivity index (χ0) is 20.2. The number of hydrogen-bond donors (Lipinski definition) is 1. The summed E-state index contributed by atoms with van der Waals surface area (Å²) in [5, 5.41) is 3.02. The quantitative estimate of drug-likeness (QED) is 0.445. The number of para-hydroxylation sites is 2. The highest BCUT2D eigenvalue weighted by Crippen LogP contribution is 2.20. The van der Waals surface area contributed by atoms with E-state index in [0.717, 1.165) is 33.4 Å². The molecule has 29 heavy (non-hydrogen) atoms. The largest absolute Gasteiger partial charge is 0.352 e. The van der Waals surface area contributed by atoms with Crippen LogP contribution in [0.1, 0.15) is 27.3 Å². The average Bonchev–Trinajstić information content (AvgIpc) is 3.05. The molecule has 0 saturated carbocycles. The Kier molecular flexibility index (Phi) is 5.76. The molecule has 0 aliphatic carbocycles. The van der Waals surface area contributed by atoms with Gasteiger partial charge in [0.25, 0.3) is 5.91 Å². The summed E-state index contributed by atoms with van der Waals surface area (Å²) >= 11 is 3.55. The van der Waals surface area contributed by atoms with Gasteiger partial charge in [-0.2, -0.15) is 0 Å². The van der Waals surface area contributed by atoms with Gasteiger partial charge in [0.2, 0.25) is 0 Å². The molecule has 0 unspecified atom stereocenters. The molecule has 0 aliphatic rings. The first kappa shape index (κ1) is 19.4. The lowest BCUT2D eigenvalue weighted by molar-refractivity contribution is 0.0954. The Morgan fingerprint density at radius 2 is 1.86 bits per heavy atom. The fraction of sp³-hybridized carbons (Fsp3) is 0.167. The van der Waals surface area contributed by atoms with Gasteiger partial charge in [0.05, 0.1) is 11.0 Å². The van der Waals surface area contributed by atoms with E-state index in [1.807, 2.05) is 61.5 Å². The van der Waals surface area contributed by atoms with Crippen molar-refractivity contribution in [3.05, 3.63) is 99.8 Å². The minimum atomic E-state index is -0.0525. The number of halogens is 1. The highest BCUT2D eigenvalue weighted by Gasteiger charge is 2.12. The number of aryl methyl sites for hydroxylation is 1. The van der Waals surface area contributed by atoms with E-state index in [1.165, 1.54) is 5.56 Å². The molecule has 0 saturated heterocycles. The van der Waals surface area contributed by atoms with Crippen LogP contribution in [-0.2, 0) is 13.0 Å². The summed E-state index contributed by atoms with van der Waals surface area (Å²) in [6.45, 7) is 3.26. The molecule has 4 rings (SSSR count). The Morgan fingerprint density at radius 3 is 2.69 bits per heavy atom. The predicted molar refractivity (Wildman–Crippen MR) is 120 cm³/mol. The van der Waals surface area contributed by atoms with Crippen LogP contribution in [0, 0.1) is 6.92 Å². The van der Waals surface area contributed by atoms with Crippen LogP contribution in [0.2, 0.25) is 0 Å².